The number of hydrogen-bond acceptors (Lipinski definition) is 2. The van der Waals surface area contributed by atoms with Crippen LogP contribution in [0.25, 0.3) is 0 Å². The normalized spacial score (nSPS) is 11.4. The third-order valence-electron chi connectivity index (χ3n) is 2.40. The standard InChI is InChI=1S/C13H9ClF3NO/c14-10-2-1-3-11(18)12(10)19-9-6-4-8(5-7-9)13(15,16)17/h1-7H,18H2. The number of ether oxygens (including phenoxy) is 1. The number of nitrogen functional groups attached to an aromatic ring is 1. The highest BCUT2D eigenvalue weighted by molar-refractivity contribution is 6.32. The van der Waals surface area contributed by atoms with E-state index in [-0.39, 0.29) is 11.5 Å². The predicted octanol–water partition coefficient (Wildman–Crippen LogP) is 4.73. The van der Waals surface area contributed by atoms with Crippen LogP contribution in [-0.4, -0.2) is 0 Å². The van der Waals surface area contributed by atoms with Gasteiger partial charge < -0.3 is 10.5 Å². The smallest absolute Gasteiger partial charge is 0.416 e. The lowest BCUT2D eigenvalue weighted by Gasteiger charge is -2.11. The van der Waals surface area contributed by atoms with Crippen LogP contribution in [0.4, 0.5) is 18.9 Å². The molecular formula is C13H9ClF3NO. The first-order valence-corrected chi connectivity index (χ1v) is 5.65. The van der Waals surface area contributed by atoms with Crippen molar-refractivity contribution in [2.45, 2.75) is 6.18 Å². The van der Waals surface area contributed by atoms with Gasteiger partial charge in [0.05, 0.1) is 16.3 Å². The molecule has 0 radical (unpaired) electrons. The molecule has 0 heterocycles. The van der Waals surface area contributed by atoms with Gasteiger partial charge in [-0.1, -0.05) is 17.7 Å². The fourth-order valence-corrected chi connectivity index (χ4v) is 1.68. The van der Waals surface area contributed by atoms with Gasteiger partial charge in [0, 0.05) is 0 Å². The molecule has 2 aromatic carbocycles. The Morgan fingerprint density at radius 2 is 1.63 bits per heavy atom. The van der Waals surface area contributed by atoms with Gasteiger partial charge in [0.2, 0.25) is 0 Å². The lowest BCUT2D eigenvalue weighted by Crippen LogP contribution is -2.04. The number of benzene rings is 2. The number of anilines is 1. The fourth-order valence-electron chi connectivity index (χ4n) is 1.46. The monoisotopic (exact) mass is 287 g/mol. The van der Waals surface area contributed by atoms with Gasteiger partial charge in [-0.3, -0.25) is 0 Å². The van der Waals surface area contributed by atoms with Crippen LogP contribution in [0, 0.1) is 0 Å². The van der Waals surface area contributed by atoms with Crippen LogP contribution in [0.3, 0.4) is 0 Å². The second-order valence-corrected chi connectivity index (χ2v) is 4.19. The summed E-state index contributed by atoms with van der Waals surface area (Å²) in [6, 6.07) is 9.11. The van der Waals surface area contributed by atoms with E-state index in [0.717, 1.165) is 12.1 Å². The second-order valence-electron chi connectivity index (χ2n) is 3.78. The molecule has 0 aliphatic carbocycles. The first-order valence-electron chi connectivity index (χ1n) is 5.27. The number of para-hydroxylation sites is 1. The average molecular weight is 288 g/mol. The van der Waals surface area contributed by atoms with Gasteiger partial charge in [-0.2, -0.15) is 13.2 Å². The number of halogens is 4. The van der Waals surface area contributed by atoms with Crippen LogP contribution >= 0.6 is 11.6 Å². The lowest BCUT2D eigenvalue weighted by atomic mass is 10.2. The molecule has 0 fully saturated rings. The molecule has 2 rings (SSSR count). The maximum Gasteiger partial charge on any atom is 0.416 e. The van der Waals surface area contributed by atoms with Crippen molar-refractivity contribution in [1.29, 1.82) is 0 Å². The average Bonchev–Trinajstić information content (AvgIpc) is 2.33. The largest absolute Gasteiger partial charge is 0.454 e. The molecule has 2 nitrogen and oxygen atoms in total. The van der Waals surface area contributed by atoms with Crippen molar-refractivity contribution in [2.24, 2.45) is 0 Å². The molecule has 19 heavy (non-hydrogen) atoms. The van der Waals surface area contributed by atoms with Gasteiger partial charge in [-0.15, -0.1) is 0 Å². The molecule has 100 valence electrons. The lowest BCUT2D eigenvalue weighted by molar-refractivity contribution is -0.137. The van der Waals surface area contributed by atoms with Gasteiger partial charge in [0.1, 0.15) is 5.75 Å². The second kappa shape index (κ2) is 5.01. The SMILES string of the molecule is Nc1cccc(Cl)c1Oc1ccc(C(F)(F)F)cc1. The molecule has 0 amide bonds. The number of alkyl halides is 3. The Balaban J connectivity index is 2.25. The summed E-state index contributed by atoms with van der Waals surface area (Å²) in [6.45, 7) is 0. The summed E-state index contributed by atoms with van der Waals surface area (Å²) < 4.78 is 42.6. The highest BCUT2D eigenvalue weighted by Crippen LogP contribution is 2.36. The van der Waals surface area contributed by atoms with E-state index in [2.05, 4.69) is 0 Å². The van der Waals surface area contributed by atoms with Gasteiger partial charge >= 0.3 is 6.18 Å². The number of rotatable bonds is 2. The Labute approximate surface area is 112 Å². The maximum absolute atomic E-state index is 12.4. The van der Waals surface area contributed by atoms with E-state index in [1.807, 2.05) is 0 Å². The molecule has 6 heteroatoms. The van der Waals surface area contributed by atoms with Crippen molar-refractivity contribution in [3.8, 4) is 11.5 Å². The van der Waals surface area contributed by atoms with E-state index in [4.69, 9.17) is 22.1 Å². The summed E-state index contributed by atoms with van der Waals surface area (Å²) in [5, 5.41) is 0.292. The zero-order valence-electron chi connectivity index (χ0n) is 9.54. The number of hydrogen-bond donors (Lipinski definition) is 1. The van der Waals surface area contributed by atoms with Crippen molar-refractivity contribution in [1.82, 2.24) is 0 Å². The zero-order valence-corrected chi connectivity index (χ0v) is 10.3. The molecule has 2 aromatic rings. The molecule has 0 atom stereocenters. The predicted molar refractivity (Wildman–Crippen MR) is 67.4 cm³/mol. The first kappa shape index (κ1) is 13.5. The van der Waals surface area contributed by atoms with Gasteiger partial charge in [0.15, 0.2) is 5.75 Å². The molecular weight excluding hydrogens is 279 g/mol. The molecule has 0 aliphatic heterocycles. The van der Waals surface area contributed by atoms with Crippen LogP contribution in [-0.2, 0) is 6.18 Å². The molecule has 2 N–H and O–H groups in total. The molecule has 0 saturated carbocycles. The third-order valence-corrected chi connectivity index (χ3v) is 2.70. The van der Waals surface area contributed by atoms with Crippen LogP contribution < -0.4 is 10.5 Å². The van der Waals surface area contributed by atoms with E-state index in [0.29, 0.717) is 10.7 Å². The Hall–Kier alpha value is -1.88. The van der Waals surface area contributed by atoms with Crippen molar-refractivity contribution >= 4 is 17.3 Å². The highest BCUT2D eigenvalue weighted by Gasteiger charge is 2.30. The summed E-state index contributed by atoms with van der Waals surface area (Å²) in [4.78, 5) is 0. The Morgan fingerprint density at radius 3 is 2.16 bits per heavy atom. The summed E-state index contributed by atoms with van der Waals surface area (Å²) in [7, 11) is 0. The van der Waals surface area contributed by atoms with Crippen molar-refractivity contribution in [2.75, 3.05) is 5.73 Å². The molecule has 0 bridgehead atoms. The van der Waals surface area contributed by atoms with Crippen molar-refractivity contribution in [3.63, 3.8) is 0 Å². The minimum absolute atomic E-state index is 0.226. The van der Waals surface area contributed by atoms with Gasteiger partial charge in [-0.25, -0.2) is 0 Å². The van der Waals surface area contributed by atoms with Crippen LogP contribution in [0.2, 0.25) is 5.02 Å². The summed E-state index contributed by atoms with van der Waals surface area (Å²) in [5.41, 5.74) is 5.25. The summed E-state index contributed by atoms with van der Waals surface area (Å²) >= 11 is 5.90. The Bertz CT molecular complexity index is 561. The fraction of sp³-hybridized carbons (Fsp3) is 0.0769. The van der Waals surface area contributed by atoms with Crippen molar-refractivity contribution in [3.05, 3.63) is 53.1 Å². The molecule has 0 unspecified atom stereocenters. The summed E-state index contributed by atoms with van der Waals surface area (Å²) in [6.07, 6.45) is -4.37. The minimum atomic E-state index is -4.37. The van der Waals surface area contributed by atoms with Crippen LogP contribution in [0.5, 0.6) is 11.5 Å². The molecule has 0 aromatic heterocycles. The van der Waals surface area contributed by atoms with E-state index >= 15 is 0 Å². The number of nitrogens with two attached hydrogens (primary N) is 1. The summed E-state index contributed by atoms with van der Waals surface area (Å²) in [5.74, 6) is 0.455. The highest BCUT2D eigenvalue weighted by atomic mass is 35.5. The Morgan fingerprint density at radius 1 is 1.00 bits per heavy atom. The minimum Gasteiger partial charge on any atom is -0.454 e. The van der Waals surface area contributed by atoms with E-state index < -0.39 is 11.7 Å². The molecule has 0 saturated heterocycles. The topological polar surface area (TPSA) is 35.2 Å². The first-order chi connectivity index (χ1) is 8.88. The van der Waals surface area contributed by atoms with E-state index in [1.54, 1.807) is 18.2 Å². The van der Waals surface area contributed by atoms with Crippen LogP contribution in [0.15, 0.2) is 42.5 Å². The molecule has 0 spiro atoms. The van der Waals surface area contributed by atoms with Gasteiger partial charge in [0.25, 0.3) is 0 Å². The van der Waals surface area contributed by atoms with Crippen LogP contribution in [0.1, 0.15) is 5.56 Å². The Kier molecular flexibility index (Phi) is 3.57. The van der Waals surface area contributed by atoms with E-state index in [1.165, 1.54) is 12.1 Å². The third kappa shape index (κ3) is 3.12. The van der Waals surface area contributed by atoms with E-state index in [9.17, 15) is 13.2 Å². The van der Waals surface area contributed by atoms with Gasteiger partial charge in [-0.05, 0) is 36.4 Å². The zero-order chi connectivity index (χ0) is 14.0. The maximum atomic E-state index is 12.4. The quantitative estimate of drug-likeness (QED) is 0.810. The molecule has 0 aliphatic rings. The van der Waals surface area contributed by atoms with Crippen molar-refractivity contribution < 1.29 is 17.9 Å².